The van der Waals surface area contributed by atoms with E-state index in [4.69, 9.17) is 0 Å². The minimum Gasteiger partial charge on any atom is -0.326 e. The van der Waals surface area contributed by atoms with Gasteiger partial charge in [0.1, 0.15) is 0 Å². The molecule has 1 aromatic carbocycles. The first-order valence-corrected chi connectivity index (χ1v) is 7.45. The van der Waals surface area contributed by atoms with Gasteiger partial charge in [-0.3, -0.25) is 4.79 Å². The SMILES string of the molecule is CCSCC(C)NCc1ccc(NC(C)=O)cc1. The number of hydrogen-bond donors (Lipinski definition) is 2. The van der Waals surface area contributed by atoms with E-state index in [-0.39, 0.29) is 5.91 Å². The normalized spacial score (nSPS) is 12.2. The minimum absolute atomic E-state index is 0.0360. The zero-order valence-corrected chi connectivity index (χ0v) is 12.1. The van der Waals surface area contributed by atoms with Gasteiger partial charge in [-0.1, -0.05) is 19.1 Å². The van der Waals surface area contributed by atoms with Crippen LogP contribution in [0.5, 0.6) is 0 Å². The van der Waals surface area contributed by atoms with Gasteiger partial charge in [0.05, 0.1) is 0 Å². The zero-order chi connectivity index (χ0) is 13.4. The largest absolute Gasteiger partial charge is 0.326 e. The van der Waals surface area contributed by atoms with Crippen molar-refractivity contribution < 1.29 is 4.79 Å². The molecule has 0 spiro atoms. The lowest BCUT2D eigenvalue weighted by Gasteiger charge is -2.13. The summed E-state index contributed by atoms with van der Waals surface area (Å²) in [6.45, 7) is 6.76. The van der Waals surface area contributed by atoms with Gasteiger partial charge in [-0.05, 0) is 30.4 Å². The van der Waals surface area contributed by atoms with E-state index in [0.29, 0.717) is 6.04 Å². The third-order valence-electron chi connectivity index (χ3n) is 2.50. The summed E-state index contributed by atoms with van der Waals surface area (Å²) >= 11 is 1.95. The Balaban J connectivity index is 2.36. The number of rotatable bonds is 7. The van der Waals surface area contributed by atoms with Crippen molar-refractivity contribution in [2.24, 2.45) is 0 Å². The van der Waals surface area contributed by atoms with Crippen LogP contribution in [-0.2, 0) is 11.3 Å². The Morgan fingerprint density at radius 3 is 2.56 bits per heavy atom. The van der Waals surface area contributed by atoms with Crippen LogP contribution in [-0.4, -0.2) is 23.5 Å². The van der Waals surface area contributed by atoms with Gasteiger partial charge < -0.3 is 10.6 Å². The smallest absolute Gasteiger partial charge is 0.221 e. The quantitative estimate of drug-likeness (QED) is 0.797. The highest BCUT2D eigenvalue weighted by molar-refractivity contribution is 7.99. The molecule has 4 heteroatoms. The predicted octanol–water partition coefficient (Wildman–Crippen LogP) is 2.88. The summed E-state index contributed by atoms with van der Waals surface area (Å²) in [6.07, 6.45) is 0. The van der Waals surface area contributed by atoms with E-state index in [2.05, 4.69) is 24.5 Å². The summed E-state index contributed by atoms with van der Waals surface area (Å²) in [4.78, 5) is 10.9. The van der Waals surface area contributed by atoms with Gasteiger partial charge in [0.15, 0.2) is 0 Å². The van der Waals surface area contributed by atoms with E-state index >= 15 is 0 Å². The Morgan fingerprint density at radius 1 is 1.33 bits per heavy atom. The fourth-order valence-electron chi connectivity index (χ4n) is 1.55. The Morgan fingerprint density at radius 2 is 2.00 bits per heavy atom. The molecular weight excluding hydrogens is 244 g/mol. The number of hydrogen-bond acceptors (Lipinski definition) is 3. The number of benzene rings is 1. The van der Waals surface area contributed by atoms with E-state index in [1.54, 1.807) is 0 Å². The van der Waals surface area contributed by atoms with E-state index in [0.717, 1.165) is 23.7 Å². The van der Waals surface area contributed by atoms with Crippen molar-refractivity contribution in [2.45, 2.75) is 33.4 Å². The molecular formula is C14H22N2OS. The maximum atomic E-state index is 10.9. The lowest BCUT2D eigenvalue weighted by atomic mass is 10.2. The van der Waals surface area contributed by atoms with Gasteiger partial charge >= 0.3 is 0 Å². The molecule has 1 aromatic rings. The van der Waals surface area contributed by atoms with Gasteiger partial charge in [-0.2, -0.15) is 11.8 Å². The average molecular weight is 266 g/mol. The monoisotopic (exact) mass is 266 g/mol. The molecule has 0 aliphatic rings. The van der Waals surface area contributed by atoms with Crippen molar-refractivity contribution in [3.63, 3.8) is 0 Å². The molecule has 0 bridgehead atoms. The lowest BCUT2D eigenvalue weighted by molar-refractivity contribution is -0.114. The Labute approximate surface area is 114 Å². The van der Waals surface area contributed by atoms with E-state index in [9.17, 15) is 4.79 Å². The topological polar surface area (TPSA) is 41.1 Å². The first kappa shape index (κ1) is 15.1. The molecule has 0 saturated heterocycles. The molecule has 100 valence electrons. The second-order valence-electron chi connectivity index (χ2n) is 4.32. The maximum absolute atomic E-state index is 10.9. The number of carbonyl (C=O) groups excluding carboxylic acids is 1. The molecule has 0 fully saturated rings. The Kier molecular flexibility index (Phi) is 6.83. The summed E-state index contributed by atoms with van der Waals surface area (Å²) in [5, 5.41) is 6.25. The number of thioether (sulfide) groups is 1. The van der Waals surface area contributed by atoms with Crippen LogP contribution in [0.4, 0.5) is 5.69 Å². The molecule has 1 amide bonds. The Bertz CT molecular complexity index is 365. The third kappa shape index (κ3) is 6.07. The van der Waals surface area contributed by atoms with E-state index in [1.807, 2.05) is 36.0 Å². The fraction of sp³-hybridized carbons (Fsp3) is 0.500. The highest BCUT2D eigenvalue weighted by atomic mass is 32.2. The minimum atomic E-state index is -0.0360. The third-order valence-corrected chi connectivity index (χ3v) is 3.64. The molecule has 2 N–H and O–H groups in total. The zero-order valence-electron chi connectivity index (χ0n) is 11.3. The lowest BCUT2D eigenvalue weighted by Crippen LogP contribution is -2.27. The highest BCUT2D eigenvalue weighted by Gasteiger charge is 2.01. The average Bonchev–Trinajstić information content (AvgIpc) is 2.35. The fourth-order valence-corrected chi connectivity index (χ4v) is 2.26. The number of amides is 1. The van der Waals surface area contributed by atoms with Crippen molar-refractivity contribution >= 4 is 23.4 Å². The standard InChI is InChI=1S/C14H22N2OS/c1-4-18-10-11(2)15-9-13-5-7-14(8-6-13)16-12(3)17/h5-8,11,15H,4,9-10H2,1-3H3,(H,16,17). The summed E-state index contributed by atoms with van der Waals surface area (Å²) in [5.74, 6) is 2.27. The van der Waals surface area contributed by atoms with Crippen LogP contribution in [0.15, 0.2) is 24.3 Å². The first-order valence-electron chi connectivity index (χ1n) is 6.29. The molecule has 1 unspecified atom stereocenters. The first-order chi connectivity index (χ1) is 8.61. The van der Waals surface area contributed by atoms with Crippen LogP contribution >= 0.6 is 11.8 Å². The van der Waals surface area contributed by atoms with Crippen LogP contribution in [0.1, 0.15) is 26.3 Å². The van der Waals surface area contributed by atoms with Crippen LogP contribution in [0, 0.1) is 0 Å². The van der Waals surface area contributed by atoms with Crippen LogP contribution in [0.2, 0.25) is 0 Å². The van der Waals surface area contributed by atoms with Crippen LogP contribution in [0.25, 0.3) is 0 Å². The van der Waals surface area contributed by atoms with Crippen molar-refractivity contribution in [3.8, 4) is 0 Å². The molecule has 0 radical (unpaired) electrons. The molecule has 0 aromatic heterocycles. The van der Waals surface area contributed by atoms with Gasteiger partial charge in [-0.25, -0.2) is 0 Å². The van der Waals surface area contributed by atoms with Crippen molar-refractivity contribution in [1.29, 1.82) is 0 Å². The molecule has 0 aliphatic carbocycles. The second-order valence-corrected chi connectivity index (χ2v) is 5.64. The molecule has 0 aliphatic heterocycles. The Hall–Kier alpha value is -1.00. The summed E-state index contributed by atoms with van der Waals surface area (Å²) < 4.78 is 0. The molecule has 3 nitrogen and oxygen atoms in total. The van der Waals surface area contributed by atoms with Crippen molar-refractivity contribution in [3.05, 3.63) is 29.8 Å². The van der Waals surface area contributed by atoms with E-state index < -0.39 is 0 Å². The van der Waals surface area contributed by atoms with E-state index in [1.165, 1.54) is 12.5 Å². The summed E-state index contributed by atoms with van der Waals surface area (Å²) in [5.41, 5.74) is 2.08. The summed E-state index contributed by atoms with van der Waals surface area (Å²) in [6, 6.07) is 8.47. The second kappa shape index (κ2) is 8.16. The molecule has 1 atom stereocenters. The number of nitrogens with one attached hydrogen (secondary N) is 2. The summed E-state index contributed by atoms with van der Waals surface area (Å²) in [7, 11) is 0. The molecule has 0 saturated carbocycles. The number of anilines is 1. The maximum Gasteiger partial charge on any atom is 0.221 e. The van der Waals surface area contributed by atoms with Gasteiger partial charge in [0, 0.05) is 31.0 Å². The molecule has 0 heterocycles. The van der Waals surface area contributed by atoms with Crippen LogP contribution in [0.3, 0.4) is 0 Å². The highest BCUT2D eigenvalue weighted by Crippen LogP contribution is 2.10. The predicted molar refractivity (Wildman–Crippen MR) is 80.0 cm³/mol. The number of carbonyl (C=O) groups is 1. The molecule has 1 rings (SSSR count). The van der Waals surface area contributed by atoms with Gasteiger partial charge in [-0.15, -0.1) is 0 Å². The van der Waals surface area contributed by atoms with Crippen LogP contribution < -0.4 is 10.6 Å². The van der Waals surface area contributed by atoms with Crippen molar-refractivity contribution in [1.82, 2.24) is 5.32 Å². The van der Waals surface area contributed by atoms with Crippen molar-refractivity contribution in [2.75, 3.05) is 16.8 Å². The van der Waals surface area contributed by atoms with Gasteiger partial charge in [0.25, 0.3) is 0 Å². The molecule has 18 heavy (non-hydrogen) atoms. The van der Waals surface area contributed by atoms with Gasteiger partial charge in [0.2, 0.25) is 5.91 Å².